The van der Waals surface area contributed by atoms with Crippen LogP contribution in [0.5, 0.6) is 5.75 Å². The van der Waals surface area contributed by atoms with Gasteiger partial charge in [-0.3, -0.25) is 4.98 Å². The molecular formula is C15H19N3O. The van der Waals surface area contributed by atoms with Crippen molar-refractivity contribution in [3.8, 4) is 5.75 Å². The largest absolute Gasteiger partial charge is 0.495 e. The minimum absolute atomic E-state index is 0.0180. The van der Waals surface area contributed by atoms with Gasteiger partial charge in [0.1, 0.15) is 5.75 Å². The Balaban J connectivity index is 2.21. The number of ether oxygens (including phenoxy) is 1. The molecule has 2 aromatic rings. The van der Waals surface area contributed by atoms with E-state index in [1.807, 2.05) is 49.5 Å². The lowest BCUT2D eigenvalue weighted by atomic mass is 10.1. The van der Waals surface area contributed by atoms with Gasteiger partial charge in [-0.05, 0) is 30.7 Å². The van der Waals surface area contributed by atoms with Gasteiger partial charge in [0, 0.05) is 18.4 Å². The third-order valence-electron chi connectivity index (χ3n) is 3.01. The molecule has 1 unspecified atom stereocenters. The quantitative estimate of drug-likeness (QED) is 0.864. The minimum atomic E-state index is 0.0180. The molecule has 0 spiro atoms. The van der Waals surface area contributed by atoms with Crippen molar-refractivity contribution in [2.75, 3.05) is 19.0 Å². The van der Waals surface area contributed by atoms with E-state index >= 15 is 0 Å². The Kier molecular flexibility index (Phi) is 4.36. The molecule has 4 heteroatoms. The summed E-state index contributed by atoms with van der Waals surface area (Å²) in [5.74, 6) is 0.807. The summed E-state index contributed by atoms with van der Waals surface area (Å²) in [5, 5.41) is 3.39. The Morgan fingerprint density at radius 1 is 1.26 bits per heavy atom. The topological polar surface area (TPSA) is 60.2 Å². The summed E-state index contributed by atoms with van der Waals surface area (Å²) in [5.41, 5.74) is 8.85. The van der Waals surface area contributed by atoms with Crippen LogP contribution in [0.4, 0.5) is 5.69 Å². The highest BCUT2D eigenvalue weighted by Crippen LogP contribution is 2.27. The van der Waals surface area contributed by atoms with E-state index in [-0.39, 0.29) is 6.04 Å². The van der Waals surface area contributed by atoms with Gasteiger partial charge in [0.2, 0.25) is 0 Å². The molecule has 1 heterocycles. The van der Waals surface area contributed by atoms with E-state index in [2.05, 4.69) is 10.3 Å². The van der Waals surface area contributed by atoms with Crippen LogP contribution in [-0.4, -0.2) is 18.6 Å². The molecule has 1 aromatic carbocycles. The lowest BCUT2D eigenvalue weighted by Gasteiger charge is -2.20. The average molecular weight is 257 g/mol. The Morgan fingerprint density at radius 2 is 2.05 bits per heavy atom. The molecule has 1 aromatic heterocycles. The van der Waals surface area contributed by atoms with Gasteiger partial charge in [0.05, 0.1) is 18.8 Å². The van der Waals surface area contributed by atoms with Crippen LogP contribution in [0.25, 0.3) is 0 Å². The van der Waals surface area contributed by atoms with Gasteiger partial charge < -0.3 is 15.8 Å². The number of nitrogens with one attached hydrogen (secondary N) is 1. The van der Waals surface area contributed by atoms with Crippen molar-refractivity contribution in [2.45, 2.75) is 13.0 Å². The van der Waals surface area contributed by atoms with Crippen LogP contribution in [0, 0.1) is 6.92 Å². The van der Waals surface area contributed by atoms with E-state index in [4.69, 9.17) is 10.5 Å². The lowest BCUT2D eigenvalue weighted by molar-refractivity contribution is 0.416. The number of benzene rings is 1. The van der Waals surface area contributed by atoms with Crippen molar-refractivity contribution < 1.29 is 4.74 Å². The van der Waals surface area contributed by atoms with Crippen LogP contribution in [0.1, 0.15) is 17.3 Å². The predicted molar refractivity (Wildman–Crippen MR) is 77.4 cm³/mol. The molecule has 0 aliphatic rings. The Bertz CT molecular complexity index is 525. The molecule has 19 heavy (non-hydrogen) atoms. The number of para-hydroxylation sites is 2. The van der Waals surface area contributed by atoms with Crippen molar-refractivity contribution >= 4 is 5.69 Å². The van der Waals surface area contributed by atoms with Crippen LogP contribution in [0.3, 0.4) is 0 Å². The number of hydrogen-bond donors (Lipinski definition) is 2. The van der Waals surface area contributed by atoms with Crippen LogP contribution in [-0.2, 0) is 0 Å². The number of nitrogens with two attached hydrogens (primary N) is 1. The van der Waals surface area contributed by atoms with Crippen LogP contribution >= 0.6 is 0 Å². The molecule has 0 amide bonds. The van der Waals surface area contributed by atoms with E-state index in [9.17, 15) is 0 Å². The van der Waals surface area contributed by atoms with Gasteiger partial charge in [0.25, 0.3) is 0 Å². The number of rotatable bonds is 5. The zero-order chi connectivity index (χ0) is 13.7. The second-order valence-electron chi connectivity index (χ2n) is 4.37. The molecule has 1 atom stereocenters. The van der Waals surface area contributed by atoms with Crippen LogP contribution < -0.4 is 15.8 Å². The predicted octanol–water partition coefficient (Wildman–Crippen LogP) is 2.51. The van der Waals surface area contributed by atoms with Gasteiger partial charge in [-0.1, -0.05) is 18.2 Å². The molecule has 0 aliphatic heterocycles. The van der Waals surface area contributed by atoms with Gasteiger partial charge in [-0.2, -0.15) is 0 Å². The first-order valence-corrected chi connectivity index (χ1v) is 6.26. The molecule has 0 saturated heterocycles. The molecule has 0 aliphatic carbocycles. The fourth-order valence-electron chi connectivity index (χ4n) is 1.92. The molecule has 3 N–H and O–H groups in total. The Morgan fingerprint density at radius 3 is 2.68 bits per heavy atom. The smallest absolute Gasteiger partial charge is 0.141 e. The van der Waals surface area contributed by atoms with Gasteiger partial charge in [-0.25, -0.2) is 0 Å². The monoisotopic (exact) mass is 257 g/mol. The van der Waals surface area contributed by atoms with Crippen molar-refractivity contribution in [1.82, 2.24) is 4.98 Å². The van der Waals surface area contributed by atoms with Crippen molar-refractivity contribution in [1.29, 1.82) is 0 Å². The Hall–Kier alpha value is -2.07. The van der Waals surface area contributed by atoms with Crippen LogP contribution in [0.15, 0.2) is 42.6 Å². The maximum Gasteiger partial charge on any atom is 0.141 e. The summed E-state index contributed by atoms with van der Waals surface area (Å²) in [6.45, 7) is 2.46. The SMILES string of the molecule is COc1ccccc1NC(CN)c1ccc(C)nc1. The summed E-state index contributed by atoms with van der Waals surface area (Å²) >= 11 is 0. The van der Waals surface area contributed by atoms with Gasteiger partial charge in [-0.15, -0.1) is 0 Å². The number of aromatic nitrogens is 1. The highest BCUT2D eigenvalue weighted by Gasteiger charge is 2.12. The number of pyridine rings is 1. The fourth-order valence-corrected chi connectivity index (χ4v) is 1.92. The molecule has 4 nitrogen and oxygen atoms in total. The maximum absolute atomic E-state index is 5.85. The number of hydrogen-bond acceptors (Lipinski definition) is 4. The lowest BCUT2D eigenvalue weighted by Crippen LogP contribution is -2.21. The highest BCUT2D eigenvalue weighted by molar-refractivity contribution is 5.57. The van der Waals surface area contributed by atoms with E-state index in [1.165, 1.54) is 0 Å². The fraction of sp³-hybridized carbons (Fsp3) is 0.267. The van der Waals surface area contributed by atoms with Crippen molar-refractivity contribution in [3.63, 3.8) is 0 Å². The second kappa shape index (κ2) is 6.20. The summed E-state index contributed by atoms with van der Waals surface area (Å²) in [6.07, 6.45) is 1.86. The summed E-state index contributed by atoms with van der Waals surface area (Å²) in [4.78, 5) is 4.31. The first-order chi connectivity index (χ1) is 9.24. The molecule has 100 valence electrons. The highest BCUT2D eigenvalue weighted by atomic mass is 16.5. The van der Waals surface area contributed by atoms with Crippen molar-refractivity contribution in [2.24, 2.45) is 5.73 Å². The molecule has 0 radical (unpaired) electrons. The summed E-state index contributed by atoms with van der Waals surface area (Å²) < 4.78 is 5.33. The molecular weight excluding hydrogens is 238 g/mol. The number of anilines is 1. The van der Waals surface area contributed by atoms with Gasteiger partial charge >= 0.3 is 0 Å². The number of methoxy groups -OCH3 is 1. The molecule has 0 bridgehead atoms. The summed E-state index contributed by atoms with van der Waals surface area (Å²) in [7, 11) is 1.66. The average Bonchev–Trinajstić information content (AvgIpc) is 2.46. The molecule has 0 fully saturated rings. The third kappa shape index (κ3) is 3.23. The molecule has 0 saturated carbocycles. The summed E-state index contributed by atoms with van der Waals surface area (Å²) in [6, 6.07) is 11.8. The minimum Gasteiger partial charge on any atom is -0.495 e. The standard InChI is InChI=1S/C15H19N3O/c1-11-7-8-12(10-17-11)14(9-16)18-13-5-3-4-6-15(13)19-2/h3-8,10,14,18H,9,16H2,1-2H3. The molecule has 2 rings (SSSR count). The van der Waals surface area contributed by atoms with E-state index in [0.29, 0.717) is 6.54 Å². The maximum atomic E-state index is 5.85. The van der Waals surface area contributed by atoms with Crippen molar-refractivity contribution in [3.05, 3.63) is 53.9 Å². The zero-order valence-corrected chi connectivity index (χ0v) is 11.3. The second-order valence-corrected chi connectivity index (χ2v) is 4.37. The first kappa shape index (κ1) is 13.4. The Labute approximate surface area is 113 Å². The van der Waals surface area contributed by atoms with Gasteiger partial charge in [0.15, 0.2) is 0 Å². The number of nitrogens with zero attached hydrogens (tertiary/aromatic N) is 1. The zero-order valence-electron chi connectivity index (χ0n) is 11.3. The van der Waals surface area contributed by atoms with E-state index < -0.39 is 0 Å². The number of aryl methyl sites for hydroxylation is 1. The normalized spacial score (nSPS) is 11.9. The first-order valence-electron chi connectivity index (χ1n) is 6.26. The van der Waals surface area contributed by atoms with E-state index in [0.717, 1.165) is 22.7 Å². The third-order valence-corrected chi connectivity index (χ3v) is 3.01. The van der Waals surface area contributed by atoms with Crippen LogP contribution in [0.2, 0.25) is 0 Å². The van der Waals surface area contributed by atoms with E-state index in [1.54, 1.807) is 7.11 Å².